The Hall–Kier alpha value is -3.17. The number of aryl methyl sites for hydroxylation is 1. The standard InChI is InChI=1S/C28H32BrN3O4S/c1-4-26(28(34)30-3)31(18-17-22-9-6-5-7-10-22)27(33)20-32(24-12-8-11-23(29)19-24)37(35,36)25-15-13-21(2)14-16-25/h5-16,19,26H,4,17-18,20H2,1-3H3,(H,30,34)/t26-/m1/s1. The number of amides is 2. The molecule has 9 heteroatoms. The van der Waals surface area contributed by atoms with Crippen molar-refractivity contribution in [2.24, 2.45) is 0 Å². The van der Waals surface area contributed by atoms with E-state index in [9.17, 15) is 18.0 Å². The van der Waals surface area contributed by atoms with Crippen LogP contribution >= 0.6 is 15.9 Å². The van der Waals surface area contributed by atoms with Crippen LogP contribution in [0.15, 0.2) is 88.2 Å². The molecule has 2 amide bonds. The number of benzene rings is 3. The van der Waals surface area contributed by atoms with Gasteiger partial charge < -0.3 is 10.2 Å². The minimum absolute atomic E-state index is 0.0834. The minimum atomic E-state index is -4.08. The van der Waals surface area contributed by atoms with Gasteiger partial charge in [-0.25, -0.2) is 8.42 Å². The number of sulfonamides is 1. The van der Waals surface area contributed by atoms with E-state index < -0.39 is 28.5 Å². The molecule has 0 saturated heterocycles. The van der Waals surface area contributed by atoms with Crippen LogP contribution < -0.4 is 9.62 Å². The molecule has 3 rings (SSSR count). The van der Waals surface area contributed by atoms with E-state index in [4.69, 9.17) is 0 Å². The Labute approximate surface area is 227 Å². The van der Waals surface area contributed by atoms with Gasteiger partial charge in [-0.15, -0.1) is 0 Å². The van der Waals surface area contributed by atoms with Crippen molar-refractivity contribution in [2.45, 2.75) is 37.6 Å². The lowest BCUT2D eigenvalue weighted by molar-refractivity contribution is -0.139. The topological polar surface area (TPSA) is 86.8 Å². The highest BCUT2D eigenvalue weighted by Crippen LogP contribution is 2.27. The van der Waals surface area contributed by atoms with Crippen molar-refractivity contribution >= 4 is 43.5 Å². The Morgan fingerprint density at radius 2 is 1.65 bits per heavy atom. The van der Waals surface area contributed by atoms with Crippen LogP contribution in [-0.4, -0.2) is 51.3 Å². The van der Waals surface area contributed by atoms with Crippen molar-refractivity contribution in [2.75, 3.05) is 24.4 Å². The number of likely N-dealkylation sites (N-methyl/N-ethyl adjacent to an activating group) is 1. The van der Waals surface area contributed by atoms with Gasteiger partial charge in [0, 0.05) is 18.1 Å². The van der Waals surface area contributed by atoms with Crippen molar-refractivity contribution in [3.05, 3.63) is 94.5 Å². The van der Waals surface area contributed by atoms with Crippen molar-refractivity contribution < 1.29 is 18.0 Å². The number of carbonyl (C=O) groups is 2. The quantitative estimate of drug-likeness (QED) is 0.357. The molecule has 0 aliphatic heterocycles. The molecule has 0 aromatic heterocycles. The Bertz CT molecular complexity index is 1310. The summed E-state index contributed by atoms with van der Waals surface area (Å²) in [6.45, 7) is 3.53. The predicted molar refractivity (Wildman–Crippen MR) is 150 cm³/mol. The fraction of sp³-hybridized carbons (Fsp3) is 0.286. The first kappa shape index (κ1) is 28.4. The van der Waals surface area contributed by atoms with Gasteiger partial charge >= 0.3 is 0 Å². The van der Waals surface area contributed by atoms with Crippen LogP contribution in [0.25, 0.3) is 0 Å². The lowest BCUT2D eigenvalue weighted by atomic mass is 10.1. The van der Waals surface area contributed by atoms with Crippen molar-refractivity contribution in [3.63, 3.8) is 0 Å². The molecule has 0 unspecified atom stereocenters. The molecule has 1 N–H and O–H groups in total. The van der Waals surface area contributed by atoms with Crippen LogP contribution in [0.2, 0.25) is 0 Å². The molecule has 0 bridgehead atoms. The maximum atomic E-state index is 13.8. The summed E-state index contributed by atoms with van der Waals surface area (Å²) in [7, 11) is -2.55. The zero-order valence-electron chi connectivity index (χ0n) is 21.2. The van der Waals surface area contributed by atoms with Crippen LogP contribution in [-0.2, 0) is 26.0 Å². The van der Waals surface area contributed by atoms with Gasteiger partial charge in [0.25, 0.3) is 10.0 Å². The molecule has 0 aliphatic carbocycles. The Morgan fingerprint density at radius 3 is 2.24 bits per heavy atom. The largest absolute Gasteiger partial charge is 0.357 e. The number of nitrogens with zero attached hydrogens (tertiary/aromatic N) is 2. The average Bonchev–Trinajstić information content (AvgIpc) is 2.89. The predicted octanol–water partition coefficient (Wildman–Crippen LogP) is 4.55. The van der Waals surface area contributed by atoms with Gasteiger partial charge in [-0.2, -0.15) is 0 Å². The summed E-state index contributed by atoms with van der Waals surface area (Å²) in [6, 6.07) is 22.2. The first-order chi connectivity index (χ1) is 17.7. The molecule has 0 aliphatic rings. The van der Waals surface area contributed by atoms with Gasteiger partial charge in [-0.1, -0.05) is 76.9 Å². The third-order valence-corrected chi connectivity index (χ3v) is 8.38. The van der Waals surface area contributed by atoms with Gasteiger partial charge in [0.15, 0.2) is 0 Å². The first-order valence-electron chi connectivity index (χ1n) is 12.1. The Balaban J connectivity index is 2.00. The first-order valence-corrected chi connectivity index (χ1v) is 14.3. The number of rotatable bonds is 11. The smallest absolute Gasteiger partial charge is 0.264 e. The summed E-state index contributed by atoms with van der Waals surface area (Å²) in [5, 5.41) is 2.63. The second kappa shape index (κ2) is 12.9. The number of nitrogens with one attached hydrogen (secondary N) is 1. The van der Waals surface area contributed by atoms with Crippen molar-refractivity contribution in [1.82, 2.24) is 10.2 Å². The van der Waals surface area contributed by atoms with Crippen LogP contribution in [0, 0.1) is 6.92 Å². The van der Waals surface area contributed by atoms with E-state index in [0.717, 1.165) is 15.4 Å². The molecule has 7 nitrogen and oxygen atoms in total. The lowest BCUT2D eigenvalue weighted by Gasteiger charge is -2.33. The summed E-state index contributed by atoms with van der Waals surface area (Å²) in [5.41, 5.74) is 2.29. The molecule has 0 heterocycles. The fourth-order valence-electron chi connectivity index (χ4n) is 4.06. The lowest BCUT2D eigenvalue weighted by Crippen LogP contribution is -2.52. The molecular weight excluding hydrogens is 554 g/mol. The van der Waals surface area contributed by atoms with E-state index in [1.165, 1.54) is 24.1 Å². The molecule has 1 atom stereocenters. The average molecular weight is 587 g/mol. The van der Waals surface area contributed by atoms with E-state index in [0.29, 0.717) is 23.0 Å². The number of anilines is 1. The van der Waals surface area contributed by atoms with Crippen molar-refractivity contribution in [3.8, 4) is 0 Å². The number of halogens is 1. The van der Waals surface area contributed by atoms with Gasteiger partial charge in [0.05, 0.1) is 10.6 Å². The molecule has 0 fully saturated rings. The van der Waals surface area contributed by atoms with Crippen molar-refractivity contribution in [1.29, 1.82) is 0 Å². The molecule has 0 radical (unpaired) electrons. The van der Waals surface area contributed by atoms with Crippen LogP contribution in [0.1, 0.15) is 24.5 Å². The molecule has 0 spiro atoms. The Morgan fingerprint density at radius 1 is 0.973 bits per heavy atom. The number of carbonyl (C=O) groups excluding carboxylic acids is 2. The summed E-state index contributed by atoms with van der Waals surface area (Å²) in [5.74, 6) is -0.749. The second-order valence-corrected chi connectivity index (χ2v) is 11.4. The van der Waals surface area contributed by atoms with Crippen LogP contribution in [0.4, 0.5) is 5.69 Å². The molecular formula is C28H32BrN3O4S. The van der Waals surface area contributed by atoms with Gasteiger partial charge in [0.2, 0.25) is 11.8 Å². The van der Waals surface area contributed by atoms with Gasteiger partial charge in [-0.3, -0.25) is 13.9 Å². The highest BCUT2D eigenvalue weighted by molar-refractivity contribution is 9.10. The molecule has 37 heavy (non-hydrogen) atoms. The highest BCUT2D eigenvalue weighted by Gasteiger charge is 2.33. The Kier molecular flexibility index (Phi) is 9.88. The molecule has 3 aromatic carbocycles. The van der Waals surface area contributed by atoms with E-state index in [1.54, 1.807) is 36.4 Å². The maximum absolute atomic E-state index is 13.8. The second-order valence-electron chi connectivity index (χ2n) is 8.67. The van der Waals surface area contributed by atoms with E-state index >= 15 is 0 Å². The summed E-state index contributed by atoms with van der Waals surface area (Å²) >= 11 is 3.40. The van der Waals surface area contributed by atoms with E-state index in [-0.39, 0.29) is 17.3 Å². The zero-order valence-corrected chi connectivity index (χ0v) is 23.6. The number of hydrogen-bond donors (Lipinski definition) is 1. The van der Waals surface area contributed by atoms with Crippen LogP contribution in [0.5, 0.6) is 0 Å². The molecule has 196 valence electrons. The normalized spacial score (nSPS) is 12.0. The van der Waals surface area contributed by atoms with Crippen LogP contribution in [0.3, 0.4) is 0 Å². The SMILES string of the molecule is CC[C@H](C(=O)NC)N(CCc1ccccc1)C(=O)CN(c1cccc(Br)c1)S(=O)(=O)c1ccc(C)cc1. The molecule has 3 aromatic rings. The monoisotopic (exact) mass is 585 g/mol. The maximum Gasteiger partial charge on any atom is 0.264 e. The minimum Gasteiger partial charge on any atom is -0.357 e. The van der Waals surface area contributed by atoms with Gasteiger partial charge in [-0.05, 0) is 55.7 Å². The van der Waals surface area contributed by atoms with E-state index in [2.05, 4.69) is 21.2 Å². The van der Waals surface area contributed by atoms with E-state index in [1.807, 2.05) is 44.2 Å². The third kappa shape index (κ3) is 7.20. The fourth-order valence-corrected chi connectivity index (χ4v) is 5.85. The van der Waals surface area contributed by atoms with Gasteiger partial charge in [0.1, 0.15) is 12.6 Å². The number of hydrogen-bond acceptors (Lipinski definition) is 4. The summed E-state index contributed by atoms with van der Waals surface area (Å²) < 4.78 is 29.4. The highest BCUT2D eigenvalue weighted by atomic mass is 79.9. The third-order valence-electron chi connectivity index (χ3n) is 6.10. The molecule has 0 saturated carbocycles. The zero-order chi connectivity index (χ0) is 27.0. The summed E-state index contributed by atoms with van der Waals surface area (Å²) in [4.78, 5) is 28.1. The summed E-state index contributed by atoms with van der Waals surface area (Å²) in [6.07, 6.45) is 0.920.